The number of anilines is 1. The molecule has 2 aromatic rings. The standard InChI is InChI=1S/C7H7N5O2/c1-3-2-4(5(13)14)12-7(9-3)10-6(8)11-12/h2H,1H3,(H2,8,11)(H,13,14). The van der Waals surface area contributed by atoms with Crippen LogP contribution in [0.1, 0.15) is 16.2 Å². The Hall–Kier alpha value is -2.18. The van der Waals surface area contributed by atoms with Crippen molar-refractivity contribution in [3.8, 4) is 0 Å². The van der Waals surface area contributed by atoms with Gasteiger partial charge in [-0.25, -0.2) is 9.78 Å². The Morgan fingerprint density at radius 2 is 2.29 bits per heavy atom. The molecule has 0 unspecified atom stereocenters. The van der Waals surface area contributed by atoms with Crippen LogP contribution >= 0.6 is 0 Å². The van der Waals surface area contributed by atoms with Gasteiger partial charge in [-0.3, -0.25) is 0 Å². The van der Waals surface area contributed by atoms with Crippen LogP contribution in [0.4, 0.5) is 5.95 Å². The van der Waals surface area contributed by atoms with Crippen LogP contribution in [0.2, 0.25) is 0 Å². The lowest BCUT2D eigenvalue weighted by molar-refractivity contribution is 0.0687. The Bertz CT molecular complexity index is 518. The van der Waals surface area contributed by atoms with E-state index in [2.05, 4.69) is 15.1 Å². The monoisotopic (exact) mass is 193 g/mol. The molecule has 14 heavy (non-hydrogen) atoms. The largest absolute Gasteiger partial charge is 0.477 e. The number of carboxylic acids is 1. The maximum atomic E-state index is 10.8. The third kappa shape index (κ3) is 1.15. The van der Waals surface area contributed by atoms with Gasteiger partial charge in [0.15, 0.2) is 5.69 Å². The highest BCUT2D eigenvalue weighted by Crippen LogP contribution is 2.06. The van der Waals surface area contributed by atoms with E-state index >= 15 is 0 Å². The fraction of sp³-hybridized carbons (Fsp3) is 0.143. The summed E-state index contributed by atoms with van der Waals surface area (Å²) in [6.07, 6.45) is 0. The number of aryl methyl sites for hydroxylation is 1. The average Bonchev–Trinajstić information content (AvgIpc) is 2.42. The molecule has 0 fully saturated rings. The molecule has 0 atom stereocenters. The van der Waals surface area contributed by atoms with Gasteiger partial charge in [-0.05, 0) is 13.0 Å². The Morgan fingerprint density at radius 1 is 1.57 bits per heavy atom. The van der Waals surface area contributed by atoms with Crippen molar-refractivity contribution >= 4 is 17.7 Å². The molecule has 0 radical (unpaired) electrons. The topological polar surface area (TPSA) is 106 Å². The van der Waals surface area contributed by atoms with Crippen LogP contribution in [0.5, 0.6) is 0 Å². The summed E-state index contributed by atoms with van der Waals surface area (Å²) in [7, 11) is 0. The zero-order valence-electron chi connectivity index (χ0n) is 7.30. The molecule has 0 bridgehead atoms. The van der Waals surface area contributed by atoms with Crippen LogP contribution < -0.4 is 5.73 Å². The summed E-state index contributed by atoms with van der Waals surface area (Å²) in [5.74, 6) is -0.893. The average molecular weight is 193 g/mol. The van der Waals surface area contributed by atoms with Crippen molar-refractivity contribution in [2.45, 2.75) is 6.92 Å². The first kappa shape index (κ1) is 8.42. The quantitative estimate of drug-likeness (QED) is 0.644. The summed E-state index contributed by atoms with van der Waals surface area (Å²) in [6, 6.07) is 1.41. The van der Waals surface area contributed by atoms with Gasteiger partial charge in [0.1, 0.15) is 0 Å². The molecule has 0 aliphatic heterocycles. The molecule has 2 rings (SSSR count). The number of nitrogens with two attached hydrogens (primary N) is 1. The van der Waals surface area contributed by atoms with Crippen molar-refractivity contribution < 1.29 is 9.90 Å². The van der Waals surface area contributed by atoms with E-state index in [9.17, 15) is 4.79 Å². The van der Waals surface area contributed by atoms with Crippen molar-refractivity contribution in [2.75, 3.05) is 5.73 Å². The lowest BCUT2D eigenvalue weighted by Gasteiger charge is -1.98. The molecule has 0 aromatic carbocycles. The summed E-state index contributed by atoms with van der Waals surface area (Å²) < 4.78 is 1.10. The van der Waals surface area contributed by atoms with E-state index in [1.54, 1.807) is 6.92 Å². The van der Waals surface area contributed by atoms with Crippen LogP contribution in [0.25, 0.3) is 5.78 Å². The van der Waals surface area contributed by atoms with Gasteiger partial charge in [0.05, 0.1) is 0 Å². The zero-order chi connectivity index (χ0) is 10.3. The fourth-order valence-electron chi connectivity index (χ4n) is 1.15. The zero-order valence-corrected chi connectivity index (χ0v) is 7.30. The van der Waals surface area contributed by atoms with E-state index in [0.717, 1.165) is 4.52 Å². The Balaban J connectivity index is 2.85. The van der Waals surface area contributed by atoms with E-state index in [0.29, 0.717) is 5.69 Å². The van der Waals surface area contributed by atoms with E-state index < -0.39 is 5.97 Å². The van der Waals surface area contributed by atoms with Crippen molar-refractivity contribution in [3.63, 3.8) is 0 Å². The van der Waals surface area contributed by atoms with Crippen LogP contribution in [0, 0.1) is 6.92 Å². The minimum Gasteiger partial charge on any atom is -0.477 e. The van der Waals surface area contributed by atoms with Crippen molar-refractivity contribution in [2.24, 2.45) is 0 Å². The number of nitrogens with zero attached hydrogens (tertiary/aromatic N) is 4. The lowest BCUT2D eigenvalue weighted by Crippen LogP contribution is -2.08. The molecular formula is C7H7N5O2. The van der Waals surface area contributed by atoms with Gasteiger partial charge in [0.25, 0.3) is 5.78 Å². The fourth-order valence-corrected chi connectivity index (χ4v) is 1.15. The Morgan fingerprint density at radius 3 is 2.93 bits per heavy atom. The lowest BCUT2D eigenvalue weighted by atomic mass is 10.3. The second-order valence-electron chi connectivity index (χ2n) is 2.77. The van der Waals surface area contributed by atoms with Crippen molar-refractivity contribution in [1.29, 1.82) is 0 Å². The van der Waals surface area contributed by atoms with E-state index in [4.69, 9.17) is 10.8 Å². The Labute approximate surface area is 78.2 Å². The maximum absolute atomic E-state index is 10.8. The number of aromatic nitrogens is 4. The molecule has 0 saturated carbocycles. The van der Waals surface area contributed by atoms with Crippen LogP contribution in [0.15, 0.2) is 6.07 Å². The maximum Gasteiger partial charge on any atom is 0.354 e. The van der Waals surface area contributed by atoms with Crippen LogP contribution in [-0.4, -0.2) is 30.7 Å². The molecule has 0 aliphatic carbocycles. The predicted octanol–water partition coefficient (Wildman–Crippen LogP) is -0.287. The summed E-state index contributed by atoms with van der Waals surface area (Å²) >= 11 is 0. The molecule has 0 spiro atoms. The molecule has 2 heterocycles. The highest BCUT2D eigenvalue weighted by Gasteiger charge is 2.13. The third-order valence-corrected chi connectivity index (χ3v) is 1.68. The molecule has 2 aromatic heterocycles. The first-order valence-electron chi connectivity index (χ1n) is 3.81. The first-order chi connectivity index (χ1) is 6.58. The number of hydrogen-bond acceptors (Lipinski definition) is 5. The van der Waals surface area contributed by atoms with Crippen LogP contribution in [0.3, 0.4) is 0 Å². The van der Waals surface area contributed by atoms with Gasteiger partial charge in [0, 0.05) is 5.69 Å². The molecule has 7 nitrogen and oxygen atoms in total. The molecule has 7 heteroatoms. The smallest absolute Gasteiger partial charge is 0.354 e. The normalized spacial score (nSPS) is 10.6. The molecule has 0 aliphatic rings. The van der Waals surface area contributed by atoms with Gasteiger partial charge in [-0.2, -0.15) is 9.50 Å². The van der Waals surface area contributed by atoms with Gasteiger partial charge in [-0.15, -0.1) is 5.10 Å². The predicted molar refractivity (Wildman–Crippen MR) is 46.9 cm³/mol. The van der Waals surface area contributed by atoms with Gasteiger partial charge >= 0.3 is 5.97 Å². The first-order valence-corrected chi connectivity index (χ1v) is 3.81. The van der Waals surface area contributed by atoms with Crippen molar-refractivity contribution in [1.82, 2.24) is 19.6 Å². The second kappa shape index (κ2) is 2.66. The molecule has 0 amide bonds. The van der Waals surface area contributed by atoms with Gasteiger partial charge < -0.3 is 10.8 Å². The number of hydrogen-bond donors (Lipinski definition) is 2. The number of carbonyl (C=O) groups is 1. The SMILES string of the molecule is Cc1cc(C(=O)O)n2nc(N)nc2n1. The number of nitrogen functional groups attached to an aromatic ring is 1. The number of carboxylic acid groups (broad SMARTS) is 1. The van der Waals surface area contributed by atoms with E-state index in [1.165, 1.54) is 6.07 Å². The summed E-state index contributed by atoms with van der Waals surface area (Å²) in [5.41, 5.74) is 5.89. The third-order valence-electron chi connectivity index (χ3n) is 1.68. The highest BCUT2D eigenvalue weighted by molar-refractivity contribution is 5.86. The summed E-state index contributed by atoms with van der Waals surface area (Å²) in [6.45, 7) is 1.68. The van der Waals surface area contributed by atoms with Gasteiger partial charge in [0.2, 0.25) is 5.95 Å². The molecule has 3 N–H and O–H groups in total. The van der Waals surface area contributed by atoms with Crippen LogP contribution in [-0.2, 0) is 0 Å². The summed E-state index contributed by atoms with van der Waals surface area (Å²) in [4.78, 5) is 18.6. The van der Waals surface area contributed by atoms with Crippen molar-refractivity contribution in [3.05, 3.63) is 17.5 Å². The second-order valence-corrected chi connectivity index (χ2v) is 2.77. The Kier molecular flexibility index (Phi) is 1.60. The number of rotatable bonds is 1. The van der Waals surface area contributed by atoms with E-state index in [1.807, 2.05) is 0 Å². The van der Waals surface area contributed by atoms with E-state index in [-0.39, 0.29) is 17.4 Å². The molecular weight excluding hydrogens is 186 g/mol. The molecule has 0 saturated heterocycles. The highest BCUT2D eigenvalue weighted by atomic mass is 16.4. The summed E-state index contributed by atoms with van der Waals surface area (Å²) in [5, 5.41) is 12.6. The molecule has 72 valence electrons. The van der Waals surface area contributed by atoms with Gasteiger partial charge in [-0.1, -0.05) is 0 Å². The number of aromatic carboxylic acids is 1. The number of fused-ring (bicyclic) bond motifs is 1. The minimum absolute atomic E-state index is 0.00306. The minimum atomic E-state index is -1.09.